The lowest BCUT2D eigenvalue weighted by molar-refractivity contribution is 0.580. The minimum atomic E-state index is -4.00. The maximum Gasteiger partial charge on any atom is 0.261 e. The van der Waals surface area contributed by atoms with Gasteiger partial charge in [-0.1, -0.05) is 29.3 Å². The van der Waals surface area contributed by atoms with Gasteiger partial charge in [0, 0.05) is 16.1 Å². The van der Waals surface area contributed by atoms with E-state index in [9.17, 15) is 16.8 Å². The molecule has 3 rings (SSSR count). The Morgan fingerprint density at radius 1 is 0.840 bits per heavy atom. The van der Waals surface area contributed by atoms with E-state index < -0.39 is 20.0 Å². The zero-order valence-electron chi connectivity index (χ0n) is 12.7. The molecule has 0 saturated heterocycles. The van der Waals surface area contributed by atoms with Crippen LogP contribution in [-0.2, 0) is 20.0 Å². The highest BCUT2D eigenvalue weighted by Crippen LogP contribution is 2.26. The first-order valence-corrected chi connectivity index (χ1v) is 11.0. The van der Waals surface area contributed by atoms with Crippen LogP contribution in [0.15, 0.2) is 52.3 Å². The standard InChI is InChI=1S/C15H14Cl2N2O4S2/c16-10-6-11(17)8-13(7-10)19-25(22,23)15-3-1-2-14(9-15)24(20,21)18-12-4-5-12/h1-3,6-9,12,18-19H,4-5H2. The van der Waals surface area contributed by atoms with Crippen LogP contribution in [0.25, 0.3) is 0 Å². The van der Waals surface area contributed by atoms with Crippen molar-refractivity contribution in [3.63, 3.8) is 0 Å². The van der Waals surface area contributed by atoms with Crippen molar-refractivity contribution in [1.82, 2.24) is 4.72 Å². The van der Waals surface area contributed by atoms with Crippen molar-refractivity contribution < 1.29 is 16.8 Å². The number of halogens is 2. The fraction of sp³-hybridized carbons (Fsp3) is 0.200. The van der Waals surface area contributed by atoms with E-state index in [1.54, 1.807) is 0 Å². The molecule has 2 aromatic rings. The molecule has 1 saturated carbocycles. The lowest BCUT2D eigenvalue weighted by Gasteiger charge is -2.11. The van der Waals surface area contributed by atoms with Gasteiger partial charge in [0.15, 0.2) is 0 Å². The SMILES string of the molecule is O=S(=O)(Nc1cc(Cl)cc(Cl)c1)c1cccc(S(=O)(=O)NC2CC2)c1. The van der Waals surface area contributed by atoms with Crippen LogP contribution in [0, 0.1) is 0 Å². The summed E-state index contributed by atoms with van der Waals surface area (Å²) in [5.74, 6) is 0. The summed E-state index contributed by atoms with van der Waals surface area (Å²) in [5.41, 5.74) is 0.182. The average Bonchev–Trinajstić information content (AvgIpc) is 3.29. The quantitative estimate of drug-likeness (QED) is 0.749. The Bertz CT molecular complexity index is 999. The maximum absolute atomic E-state index is 12.5. The van der Waals surface area contributed by atoms with E-state index in [1.165, 1.54) is 36.4 Å². The zero-order valence-corrected chi connectivity index (χ0v) is 15.9. The van der Waals surface area contributed by atoms with Gasteiger partial charge in [-0.25, -0.2) is 21.6 Å². The lowest BCUT2D eigenvalue weighted by atomic mass is 10.3. The normalized spacial score (nSPS) is 15.1. The Balaban J connectivity index is 1.90. The molecule has 0 atom stereocenters. The van der Waals surface area contributed by atoms with Crippen LogP contribution in [0.4, 0.5) is 5.69 Å². The topological polar surface area (TPSA) is 92.3 Å². The second-order valence-corrected chi connectivity index (χ2v) is 9.90. The summed E-state index contributed by atoms with van der Waals surface area (Å²) >= 11 is 11.7. The molecule has 0 aromatic heterocycles. The third-order valence-electron chi connectivity index (χ3n) is 3.44. The molecule has 25 heavy (non-hydrogen) atoms. The van der Waals surface area contributed by atoms with Crippen molar-refractivity contribution >= 4 is 48.9 Å². The van der Waals surface area contributed by atoms with Crippen LogP contribution in [0.3, 0.4) is 0 Å². The van der Waals surface area contributed by atoms with Crippen molar-refractivity contribution in [2.45, 2.75) is 28.7 Å². The number of hydrogen-bond acceptors (Lipinski definition) is 4. The summed E-state index contributed by atoms with van der Waals surface area (Å²) in [5, 5.41) is 0.547. The first kappa shape index (κ1) is 18.5. The van der Waals surface area contributed by atoms with Gasteiger partial charge < -0.3 is 0 Å². The molecule has 2 aromatic carbocycles. The number of nitrogens with one attached hydrogen (secondary N) is 2. The Hall–Kier alpha value is -1.32. The van der Waals surface area contributed by atoms with Crippen LogP contribution in [0.2, 0.25) is 10.0 Å². The second-order valence-electron chi connectivity index (χ2n) is 5.63. The predicted molar refractivity (Wildman–Crippen MR) is 97.1 cm³/mol. The highest BCUT2D eigenvalue weighted by molar-refractivity contribution is 7.93. The molecule has 134 valence electrons. The molecular weight excluding hydrogens is 407 g/mol. The summed E-state index contributed by atoms with van der Waals surface area (Å²) < 4.78 is 54.4. The zero-order chi connectivity index (χ0) is 18.2. The molecule has 0 heterocycles. The van der Waals surface area contributed by atoms with E-state index in [2.05, 4.69) is 9.44 Å². The number of rotatable bonds is 6. The van der Waals surface area contributed by atoms with Crippen LogP contribution >= 0.6 is 23.2 Å². The minimum absolute atomic E-state index is 0.0722. The minimum Gasteiger partial charge on any atom is -0.280 e. The molecule has 1 fully saturated rings. The van der Waals surface area contributed by atoms with Gasteiger partial charge in [-0.3, -0.25) is 4.72 Å². The summed E-state index contributed by atoms with van der Waals surface area (Å²) in [6.07, 6.45) is 1.57. The van der Waals surface area contributed by atoms with Crippen LogP contribution in [0.1, 0.15) is 12.8 Å². The molecule has 10 heteroatoms. The van der Waals surface area contributed by atoms with E-state index in [0.29, 0.717) is 0 Å². The average molecular weight is 421 g/mol. The Morgan fingerprint density at radius 3 is 1.96 bits per heavy atom. The molecule has 0 amide bonds. The number of anilines is 1. The van der Waals surface area contributed by atoms with Gasteiger partial charge in [0.1, 0.15) is 0 Å². The van der Waals surface area contributed by atoms with Crippen molar-refractivity contribution in [3.8, 4) is 0 Å². The molecule has 1 aliphatic carbocycles. The third kappa shape index (κ3) is 4.65. The first-order chi connectivity index (χ1) is 11.7. The Morgan fingerprint density at radius 2 is 1.40 bits per heavy atom. The molecule has 0 spiro atoms. The molecule has 0 bridgehead atoms. The smallest absolute Gasteiger partial charge is 0.261 e. The molecule has 0 unspecified atom stereocenters. The van der Waals surface area contributed by atoms with Gasteiger partial charge in [-0.05, 0) is 49.2 Å². The van der Waals surface area contributed by atoms with E-state index in [0.717, 1.165) is 18.9 Å². The van der Waals surface area contributed by atoms with Gasteiger partial charge >= 0.3 is 0 Å². The van der Waals surface area contributed by atoms with Crippen LogP contribution in [0.5, 0.6) is 0 Å². The molecule has 1 aliphatic rings. The molecule has 2 N–H and O–H groups in total. The maximum atomic E-state index is 12.5. The lowest BCUT2D eigenvalue weighted by Crippen LogP contribution is -2.26. The monoisotopic (exact) mass is 420 g/mol. The number of sulfonamides is 2. The molecule has 0 radical (unpaired) electrons. The van der Waals surface area contributed by atoms with E-state index in [4.69, 9.17) is 23.2 Å². The summed E-state index contributed by atoms with van der Waals surface area (Å²) in [4.78, 5) is -0.284. The van der Waals surface area contributed by atoms with Gasteiger partial charge in [-0.2, -0.15) is 0 Å². The van der Waals surface area contributed by atoms with Gasteiger partial charge in [0.05, 0.1) is 15.5 Å². The van der Waals surface area contributed by atoms with Crippen LogP contribution in [-0.4, -0.2) is 22.9 Å². The van der Waals surface area contributed by atoms with Gasteiger partial charge in [0.25, 0.3) is 10.0 Å². The van der Waals surface area contributed by atoms with E-state index in [1.807, 2.05) is 0 Å². The second kappa shape index (κ2) is 6.77. The Kier molecular flexibility index (Phi) is 5.00. The Labute approximate surface area is 156 Å². The van der Waals surface area contributed by atoms with Gasteiger partial charge in [0.2, 0.25) is 10.0 Å². The summed E-state index contributed by atoms with van der Waals surface area (Å²) in [6.45, 7) is 0. The largest absolute Gasteiger partial charge is 0.280 e. The summed E-state index contributed by atoms with van der Waals surface area (Å²) in [6, 6.07) is 9.35. The first-order valence-electron chi connectivity index (χ1n) is 7.27. The highest BCUT2D eigenvalue weighted by Gasteiger charge is 2.28. The van der Waals surface area contributed by atoms with Crippen molar-refractivity contribution in [3.05, 3.63) is 52.5 Å². The number of hydrogen-bond donors (Lipinski definition) is 2. The van der Waals surface area contributed by atoms with Crippen molar-refractivity contribution in [1.29, 1.82) is 0 Å². The van der Waals surface area contributed by atoms with E-state index >= 15 is 0 Å². The van der Waals surface area contributed by atoms with E-state index in [-0.39, 0.29) is 31.6 Å². The van der Waals surface area contributed by atoms with Crippen molar-refractivity contribution in [2.24, 2.45) is 0 Å². The molecular formula is C15H14Cl2N2O4S2. The highest BCUT2D eigenvalue weighted by atomic mass is 35.5. The van der Waals surface area contributed by atoms with Crippen LogP contribution < -0.4 is 9.44 Å². The molecule has 6 nitrogen and oxygen atoms in total. The van der Waals surface area contributed by atoms with Gasteiger partial charge in [-0.15, -0.1) is 0 Å². The molecule has 0 aliphatic heterocycles. The van der Waals surface area contributed by atoms with Crippen molar-refractivity contribution in [2.75, 3.05) is 4.72 Å². The predicted octanol–water partition coefficient (Wildman–Crippen LogP) is 3.23. The fourth-order valence-electron chi connectivity index (χ4n) is 2.12. The fourth-order valence-corrected chi connectivity index (χ4v) is 5.16. The number of benzene rings is 2. The summed E-state index contributed by atoms with van der Waals surface area (Å²) in [7, 11) is -7.75. The third-order valence-corrected chi connectivity index (χ3v) is 6.77.